The first kappa shape index (κ1) is 18.7. The van der Waals surface area contributed by atoms with Crippen molar-refractivity contribution in [1.82, 2.24) is 5.32 Å². The molecule has 2 aromatic rings. The fourth-order valence-electron chi connectivity index (χ4n) is 2.14. The van der Waals surface area contributed by atoms with Gasteiger partial charge in [0.15, 0.2) is 11.5 Å². The third kappa shape index (κ3) is 5.43. The summed E-state index contributed by atoms with van der Waals surface area (Å²) in [6.07, 6.45) is 3.09. The third-order valence-electron chi connectivity index (χ3n) is 3.39. The predicted molar refractivity (Wildman–Crippen MR) is 98.2 cm³/mol. The maximum Gasteiger partial charge on any atom is 0.407 e. The molecule has 0 aliphatic heterocycles. The van der Waals surface area contributed by atoms with Crippen LogP contribution in [-0.2, 0) is 11.3 Å². The Morgan fingerprint density at radius 3 is 2.56 bits per heavy atom. The van der Waals surface area contributed by atoms with Crippen LogP contribution in [0.25, 0.3) is 6.08 Å². The van der Waals surface area contributed by atoms with Crippen LogP contribution in [0.3, 0.4) is 0 Å². The van der Waals surface area contributed by atoms with Crippen LogP contribution >= 0.6 is 11.6 Å². The summed E-state index contributed by atoms with van der Waals surface area (Å²) in [4.78, 5) is 11.6. The van der Waals surface area contributed by atoms with Gasteiger partial charge in [-0.3, -0.25) is 0 Å². The smallest absolute Gasteiger partial charge is 0.407 e. The molecule has 0 unspecified atom stereocenters. The average Bonchev–Trinajstić information content (AvgIpc) is 2.65. The Balaban J connectivity index is 1.84. The van der Waals surface area contributed by atoms with Crippen LogP contribution in [0.15, 0.2) is 48.5 Å². The van der Waals surface area contributed by atoms with Gasteiger partial charge in [-0.05, 0) is 23.3 Å². The van der Waals surface area contributed by atoms with Crippen LogP contribution in [0.5, 0.6) is 11.5 Å². The lowest BCUT2D eigenvalue weighted by Gasteiger charge is -2.10. The zero-order valence-electron chi connectivity index (χ0n) is 14.1. The summed E-state index contributed by atoms with van der Waals surface area (Å²) >= 11 is 6.28. The Labute approximate surface area is 152 Å². The highest BCUT2D eigenvalue weighted by Gasteiger charge is 2.11. The topological polar surface area (TPSA) is 56.8 Å². The number of hydrogen-bond donors (Lipinski definition) is 1. The van der Waals surface area contributed by atoms with E-state index in [4.69, 9.17) is 25.8 Å². The Kier molecular flexibility index (Phi) is 7.16. The van der Waals surface area contributed by atoms with Crippen molar-refractivity contribution < 1.29 is 19.0 Å². The molecule has 2 aromatic carbocycles. The number of alkyl carbamates (subject to hydrolysis) is 1. The van der Waals surface area contributed by atoms with Crippen molar-refractivity contribution in [2.75, 3.05) is 20.8 Å². The van der Waals surface area contributed by atoms with Gasteiger partial charge in [0.05, 0.1) is 19.2 Å². The van der Waals surface area contributed by atoms with Gasteiger partial charge in [0.1, 0.15) is 6.61 Å². The van der Waals surface area contributed by atoms with Crippen molar-refractivity contribution in [3.63, 3.8) is 0 Å². The van der Waals surface area contributed by atoms with Crippen LogP contribution < -0.4 is 14.8 Å². The number of benzene rings is 2. The third-order valence-corrected chi connectivity index (χ3v) is 3.78. The normalized spacial score (nSPS) is 10.5. The molecule has 0 bridgehead atoms. The summed E-state index contributed by atoms with van der Waals surface area (Å²) < 4.78 is 15.6. The maximum absolute atomic E-state index is 11.6. The molecule has 0 aromatic heterocycles. The minimum absolute atomic E-state index is 0.234. The summed E-state index contributed by atoms with van der Waals surface area (Å²) in [6.45, 7) is 0.552. The Morgan fingerprint density at radius 2 is 1.88 bits per heavy atom. The molecule has 0 saturated carbocycles. The molecule has 0 heterocycles. The van der Waals surface area contributed by atoms with Crippen LogP contribution in [0.1, 0.15) is 11.1 Å². The molecule has 1 amide bonds. The quantitative estimate of drug-likeness (QED) is 0.799. The average molecular weight is 362 g/mol. The molecule has 0 aliphatic carbocycles. The fraction of sp³-hybridized carbons (Fsp3) is 0.211. The molecule has 0 aliphatic rings. The Bertz CT molecular complexity index is 732. The lowest BCUT2D eigenvalue weighted by Crippen LogP contribution is -2.24. The number of carbonyl (C=O) groups excluding carboxylic acids is 1. The fourth-order valence-corrected chi connectivity index (χ4v) is 2.43. The van der Waals surface area contributed by atoms with Gasteiger partial charge in [-0.2, -0.15) is 0 Å². The van der Waals surface area contributed by atoms with E-state index in [1.165, 1.54) is 7.11 Å². The number of carbonyl (C=O) groups is 1. The van der Waals surface area contributed by atoms with E-state index in [9.17, 15) is 4.79 Å². The maximum atomic E-state index is 11.6. The highest BCUT2D eigenvalue weighted by Crippen LogP contribution is 2.37. The van der Waals surface area contributed by atoms with Crippen molar-refractivity contribution in [3.8, 4) is 11.5 Å². The predicted octanol–water partition coefficient (Wildman–Crippen LogP) is 4.30. The van der Waals surface area contributed by atoms with Crippen molar-refractivity contribution in [2.45, 2.75) is 6.61 Å². The zero-order chi connectivity index (χ0) is 18.1. The number of methoxy groups -OCH3 is 2. The number of rotatable bonds is 7. The number of hydrogen-bond acceptors (Lipinski definition) is 4. The number of amides is 1. The van der Waals surface area contributed by atoms with Crippen LogP contribution in [0.2, 0.25) is 5.02 Å². The van der Waals surface area contributed by atoms with E-state index >= 15 is 0 Å². The first-order valence-electron chi connectivity index (χ1n) is 7.67. The van der Waals surface area contributed by atoms with Gasteiger partial charge in [-0.25, -0.2) is 4.79 Å². The van der Waals surface area contributed by atoms with Gasteiger partial charge in [0, 0.05) is 6.54 Å². The summed E-state index contributed by atoms with van der Waals surface area (Å²) in [5.74, 6) is 1.04. The second-order valence-electron chi connectivity index (χ2n) is 5.05. The zero-order valence-corrected chi connectivity index (χ0v) is 14.9. The van der Waals surface area contributed by atoms with Crippen LogP contribution in [0.4, 0.5) is 4.79 Å². The molecule has 2 rings (SSSR count). The molecule has 0 atom stereocenters. The van der Waals surface area contributed by atoms with Gasteiger partial charge < -0.3 is 19.5 Å². The lowest BCUT2D eigenvalue weighted by atomic mass is 10.2. The van der Waals surface area contributed by atoms with E-state index in [1.807, 2.05) is 36.4 Å². The minimum Gasteiger partial charge on any atom is -0.493 e. The van der Waals surface area contributed by atoms with Crippen molar-refractivity contribution in [3.05, 3.63) is 64.7 Å². The minimum atomic E-state index is -0.480. The second-order valence-corrected chi connectivity index (χ2v) is 5.43. The molecular formula is C19H20ClNO4. The van der Waals surface area contributed by atoms with Gasteiger partial charge in [-0.1, -0.05) is 54.1 Å². The summed E-state index contributed by atoms with van der Waals surface area (Å²) in [7, 11) is 3.08. The van der Waals surface area contributed by atoms with Crippen LogP contribution in [0, 0.1) is 0 Å². The molecule has 0 spiro atoms. The Hall–Kier alpha value is -2.66. The summed E-state index contributed by atoms with van der Waals surface area (Å²) in [6, 6.07) is 13.1. The monoisotopic (exact) mass is 361 g/mol. The molecule has 5 nitrogen and oxygen atoms in total. The first-order chi connectivity index (χ1) is 12.2. The van der Waals surface area contributed by atoms with E-state index in [2.05, 4.69) is 5.32 Å². The van der Waals surface area contributed by atoms with Gasteiger partial charge in [-0.15, -0.1) is 0 Å². The SMILES string of the molecule is COc1ccc(C=CCNC(=O)OCc2ccccc2)c(Cl)c1OC. The van der Waals surface area contributed by atoms with E-state index in [0.717, 1.165) is 11.1 Å². The number of ether oxygens (including phenoxy) is 3. The Morgan fingerprint density at radius 1 is 1.12 bits per heavy atom. The summed E-state index contributed by atoms with van der Waals surface area (Å²) in [5, 5.41) is 3.10. The molecule has 0 saturated heterocycles. The molecular weight excluding hydrogens is 342 g/mol. The standard InChI is InChI=1S/C19H20ClNO4/c1-23-16-11-10-15(17(20)18(16)24-2)9-6-12-21-19(22)25-13-14-7-4-3-5-8-14/h3-11H,12-13H2,1-2H3,(H,21,22). The van der Waals surface area contributed by atoms with Gasteiger partial charge in [0.2, 0.25) is 0 Å². The van der Waals surface area contributed by atoms with E-state index in [1.54, 1.807) is 25.3 Å². The molecule has 1 N–H and O–H groups in total. The number of halogens is 1. The molecule has 0 fully saturated rings. The molecule has 0 radical (unpaired) electrons. The highest BCUT2D eigenvalue weighted by atomic mass is 35.5. The molecule has 132 valence electrons. The highest BCUT2D eigenvalue weighted by molar-refractivity contribution is 6.33. The van der Waals surface area contributed by atoms with E-state index < -0.39 is 6.09 Å². The number of nitrogens with one attached hydrogen (secondary N) is 1. The van der Waals surface area contributed by atoms with Crippen molar-refractivity contribution in [1.29, 1.82) is 0 Å². The van der Waals surface area contributed by atoms with Gasteiger partial charge >= 0.3 is 6.09 Å². The first-order valence-corrected chi connectivity index (χ1v) is 8.05. The largest absolute Gasteiger partial charge is 0.493 e. The van der Waals surface area contributed by atoms with Gasteiger partial charge in [0.25, 0.3) is 0 Å². The summed E-state index contributed by atoms with van der Waals surface area (Å²) in [5.41, 5.74) is 1.70. The van der Waals surface area contributed by atoms with Crippen LogP contribution in [-0.4, -0.2) is 26.9 Å². The molecule has 25 heavy (non-hydrogen) atoms. The van der Waals surface area contributed by atoms with E-state index in [0.29, 0.717) is 23.1 Å². The van der Waals surface area contributed by atoms with Crippen molar-refractivity contribution >= 4 is 23.8 Å². The van der Waals surface area contributed by atoms with E-state index in [-0.39, 0.29) is 6.61 Å². The van der Waals surface area contributed by atoms with Crippen molar-refractivity contribution in [2.24, 2.45) is 0 Å². The molecule has 6 heteroatoms. The lowest BCUT2D eigenvalue weighted by molar-refractivity contribution is 0.141. The second kappa shape index (κ2) is 9.59.